The van der Waals surface area contributed by atoms with E-state index in [0.717, 1.165) is 11.1 Å². The number of furan rings is 1. The molecule has 0 unspecified atom stereocenters. The minimum atomic E-state index is -0.469. The number of aryl methyl sites for hydroxylation is 2. The normalized spacial score (nSPS) is 11.1. The van der Waals surface area contributed by atoms with Gasteiger partial charge in [-0.15, -0.1) is 0 Å². The highest BCUT2D eigenvalue weighted by Crippen LogP contribution is 2.17. The van der Waals surface area contributed by atoms with Crippen molar-refractivity contribution >= 4 is 23.6 Å². The molecule has 148 valence electrons. The smallest absolute Gasteiger partial charge is 0.272 e. The molecular weight excluding hydrogens is 368 g/mol. The molecule has 6 nitrogen and oxygen atoms in total. The number of nitrogens with one attached hydrogen (secondary N) is 2. The number of hydrogen-bond acceptors (Lipinski definition) is 4. The molecule has 0 aliphatic heterocycles. The number of methoxy groups -OCH3 is 1. The highest BCUT2D eigenvalue weighted by molar-refractivity contribution is 6.10. The fourth-order valence-electron chi connectivity index (χ4n) is 2.62. The zero-order valence-electron chi connectivity index (χ0n) is 16.5. The molecule has 0 saturated heterocycles. The molecular formula is C23H22N2O4. The maximum absolute atomic E-state index is 12.8. The van der Waals surface area contributed by atoms with Gasteiger partial charge in [0.15, 0.2) is 0 Å². The Morgan fingerprint density at radius 3 is 2.38 bits per heavy atom. The van der Waals surface area contributed by atoms with E-state index >= 15 is 0 Å². The lowest BCUT2D eigenvalue weighted by Gasteiger charge is -2.12. The monoisotopic (exact) mass is 390 g/mol. The van der Waals surface area contributed by atoms with Crippen LogP contribution in [0.1, 0.15) is 27.2 Å². The summed E-state index contributed by atoms with van der Waals surface area (Å²) in [6, 6.07) is 15.7. The van der Waals surface area contributed by atoms with Gasteiger partial charge in [-0.05, 0) is 73.5 Å². The Balaban J connectivity index is 1.82. The lowest BCUT2D eigenvalue weighted by Crippen LogP contribution is -2.30. The van der Waals surface area contributed by atoms with Crippen molar-refractivity contribution in [3.63, 3.8) is 0 Å². The van der Waals surface area contributed by atoms with Crippen molar-refractivity contribution in [2.45, 2.75) is 13.8 Å². The molecule has 0 atom stereocenters. The molecule has 3 rings (SSSR count). The van der Waals surface area contributed by atoms with Crippen molar-refractivity contribution in [3.8, 4) is 5.75 Å². The van der Waals surface area contributed by atoms with Crippen LogP contribution in [0.3, 0.4) is 0 Å². The number of anilines is 1. The predicted molar refractivity (Wildman–Crippen MR) is 112 cm³/mol. The van der Waals surface area contributed by atoms with E-state index in [4.69, 9.17) is 9.15 Å². The van der Waals surface area contributed by atoms with Gasteiger partial charge in [-0.3, -0.25) is 9.59 Å². The second kappa shape index (κ2) is 8.93. The molecule has 0 spiro atoms. The first-order valence-electron chi connectivity index (χ1n) is 9.05. The molecule has 2 N–H and O–H groups in total. The van der Waals surface area contributed by atoms with Crippen LogP contribution in [0, 0.1) is 13.8 Å². The topological polar surface area (TPSA) is 80.6 Å². The van der Waals surface area contributed by atoms with E-state index in [-0.39, 0.29) is 11.6 Å². The van der Waals surface area contributed by atoms with Gasteiger partial charge in [-0.2, -0.15) is 0 Å². The molecule has 2 aromatic carbocycles. The van der Waals surface area contributed by atoms with E-state index in [1.165, 1.54) is 12.3 Å². The van der Waals surface area contributed by atoms with Gasteiger partial charge in [0.1, 0.15) is 17.2 Å². The molecule has 29 heavy (non-hydrogen) atoms. The van der Waals surface area contributed by atoms with Crippen molar-refractivity contribution in [3.05, 3.63) is 89.0 Å². The number of amides is 2. The van der Waals surface area contributed by atoms with Crippen LogP contribution in [0.2, 0.25) is 0 Å². The van der Waals surface area contributed by atoms with E-state index in [1.807, 2.05) is 19.9 Å². The summed E-state index contributed by atoms with van der Waals surface area (Å²) in [6.07, 6.45) is 2.98. The van der Waals surface area contributed by atoms with Crippen molar-refractivity contribution in [2.75, 3.05) is 12.4 Å². The summed E-state index contributed by atoms with van der Waals surface area (Å²) in [4.78, 5) is 25.5. The molecule has 0 aliphatic rings. The predicted octanol–water partition coefficient (Wildman–Crippen LogP) is 4.31. The van der Waals surface area contributed by atoms with Crippen LogP contribution in [0.5, 0.6) is 5.75 Å². The summed E-state index contributed by atoms with van der Waals surface area (Å²) in [5.41, 5.74) is 3.19. The first-order valence-corrected chi connectivity index (χ1v) is 9.05. The van der Waals surface area contributed by atoms with Gasteiger partial charge in [0.2, 0.25) is 0 Å². The number of carbonyl (C=O) groups excluding carboxylic acids is 2. The second-order valence-electron chi connectivity index (χ2n) is 6.51. The van der Waals surface area contributed by atoms with Gasteiger partial charge >= 0.3 is 0 Å². The Bertz CT molecular complexity index is 1040. The fraction of sp³-hybridized carbons (Fsp3) is 0.130. The Labute approximate surface area is 169 Å². The molecule has 0 saturated carbocycles. The molecule has 0 radical (unpaired) electrons. The molecule has 2 amide bonds. The Hall–Kier alpha value is -3.80. The van der Waals surface area contributed by atoms with Crippen LogP contribution in [0.15, 0.2) is 71.0 Å². The van der Waals surface area contributed by atoms with E-state index < -0.39 is 5.91 Å². The molecule has 0 fully saturated rings. The van der Waals surface area contributed by atoms with Gasteiger partial charge in [0, 0.05) is 17.3 Å². The Morgan fingerprint density at radius 2 is 1.76 bits per heavy atom. The quantitative estimate of drug-likeness (QED) is 0.615. The van der Waals surface area contributed by atoms with E-state index in [1.54, 1.807) is 55.6 Å². The van der Waals surface area contributed by atoms with Crippen LogP contribution in [-0.2, 0) is 4.79 Å². The minimum Gasteiger partial charge on any atom is -0.497 e. The zero-order chi connectivity index (χ0) is 20.8. The number of benzene rings is 2. The molecule has 0 aliphatic carbocycles. The maximum Gasteiger partial charge on any atom is 0.272 e. The maximum atomic E-state index is 12.8. The third-order valence-electron chi connectivity index (χ3n) is 4.44. The standard InChI is InChI=1S/C23H22N2O4/c1-15-6-7-17(13-16(15)2)22(26)25-21(14-20-5-4-12-29-20)23(27)24-18-8-10-19(28-3)11-9-18/h4-14H,1-3H3,(H,24,27)(H,25,26). The number of rotatable bonds is 6. The largest absolute Gasteiger partial charge is 0.497 e. The average Bonchev–Trinajstić information content (AvgIpc) is 3.23. The molecule has 1 heterocycles. The summed E-state index contributed by atoms with van der Waals surface area (Å²) in [5, 5.41) is 5.45. The second-order valence-corrected chi connectivity index (χ2v) is 6.51. The fourth-order valence-corrected chi connectivity index (χ4v) is 2.62. The van der Waals surface area contributed by atoms with Gasteiger partial charge in [-0.1, -0.05) is 6.07 Å². The lowest BCUT2D eigenvalue weighted by atomic mass is 10.1. The van der Waals surface area contributed by atoms with E-state index in [2.05, 4.69) is 10.6 Å². The first kappa shape index (κ1) is 19.9. The summed E-state index contributed by atoms with van der Waals surface area (Å²) in [7, 11) is 1.57. The Kier molecular flexibility index (Phi) is 6.14. The van der Waals surface area contributed by atoms with Crippen LogP contribution >= 0.6 is 0 Å². The first-order chi connectivity index (χ1) is 14.0. The lowest BCUT2D eigenvalue weighted by molar-refractivity contribution is -0.113. The van der Waals surface area contributed by atoms with E-state index in [9.17, 15) is 9.59 Å². The molecule has 0 bridgehead atoms. The number of hydrogen-bond donors (Lipinski definition) is 2. The number of ether oxygens (including phenoxy) is 1. The molecule has 3 aromatic rings. The van der Waals surface area contributed by atoms with Gasteiger partial charge in [0.05, 0.1) is 13.4 Å². The number of carbonyl (C=O) groups is 2. The van der Waals surface area contributed by atoms with Crippen molar-refractivity contribution in [1.82, 2.24) is 5.32 Å². The SMILES string of the molecule is COc1ccc(NC(=O)C(=Cc2ccco2)NC(=O)c2ccc(C)c(C)c2)cc1. The highest BCUT2D eigenvalue weighted by Gasteiger charge is 2.16. The van der Waals surface area contributed by atoms with Gasteiger partial charge < -0.3 is 19.8 Å². The van der Waals surface area contributed by atoms with Crippen molar-refractivity contribution in [1.29, 1.82) is 0 Å². The minimum absolute atomic E-state index is 0.0685. The zero-order valence-corrected chi connectivity index (χ0v) is 16.5. The third-order valence-corrected chi connectivity index (χ3v) is 4.44. The summed E-state index contributed by atoms with van der Waals surface area (Å²) in [6.45, 7) is 3.91. The van der Waals surface area contributed by atoms with Gasteiger partial charge in [-0.25, -0.2) is 0 Å². The van der Waals surface area contributed by atoms with Crippen LogP contribution in [-0.4, -0.2) is 18.9 Å². The third kappa shape index (κ3) is 5.13. The average molecular weight is 390 g/mol. The summed E-state index contributed by atoms with van der Waals surface area (Å²) >= 11 is 0. The van der Waals surface area contributed by atoms with Crippen LogP contribution in [0.4, 0.5) is 5.69 Å². The summed E-state index contributed by atoms with van der Waals surface area (Å²) < 4.78 is 10.4. The molecule has 1 aromatic heterocycles. The van der Waals surface area contributed by atoms with E-state index in [0.29, 0.717) is 22.8 Å². The Morgan fingerprint density at radius 1 is 1.00 bits per heavy atom. The highest BCUT2D eigenvalue weighted by atomic mass is 16.5. The summed E-state index contributed by atoms with van der Waals surface area (Å²) in [5.74, 6) is 0.280. The van der Waals surface area contributed by atoms with Crippen LogP contribution in [0.25, 0.3) is 6.08 Å². The van der Waals surface area contributed by atoms with Crippen molar-refractivity contribution in [2.24, 2.45) is 0 Å². The van der Waals surface area contributed by atoms with Gasteiger partial charge in [0.25, 0.3) is 11.8 Å². The van der Waals surface area contributed by atoms with Crippen molar-refractivity contribution < 1.29 is 18.7 Å². The van der Waals surface area contributed by atoms with Crippen LogP contribution < -0.4 is 15.4 Å². The molecule has 6 heteroatoms.